The van der Waals surface area contributed by atoms with Gasteiger partial charge >= 0.3 is 6.18 Å². The number of ether oxygens (including phenoxy) is 2. The summed E-state index contributed by atoms with van der Waals surface area (Å²) in [5.74, 6) is -1.35. The van der Waals surface area contributed by atoms with Crippen LogP contribution in [0, 0.1) is 11.2 Å². The van der Waals surface area contributed by atoms with Crippen LogP contribution in [0.3, 0.4) is 0 Å². The van der Waals surface area contributed by atoms with Crippen molar-refractivity contribution in [1.29, 1.82) is 5.41 Å². The molecule has 2 aromatic rings. The molecule has 2 N–H and O–H groups in total. The topological polar surface area (TPSA) is 100 Å². The lowest BCUT2D eigenvalue weighted by molar-refractivity contribution is -0.121. The molecule has 0 spiro atoms. The van der Waals surface area contributed by atoms with Crippen LogP contribution in [0.25, 0.3) is 0 Å². The first-order chi connectivity index (χ1) is 15.4. The minimum atomic E-state index is -4.53. The van der Waals surface area contributed by atoms with E-state index in [9.17, 15) is 22.4 Å². The lowest BCUT2D eigenvalue weighted by atomic mass is 9.87. The van der Waals surface area contributed by atoms with Gasteiger partial charge in [0.05, 0.1) is 23.3 Å². The third-order valence-corrected chi connectivity index (χ3v) is 5.37. The van der Waals surface area contributed by atoms with Crippen LogP contribution in [0.2, 0.25) is 0 Å². The Labute approximate surface area is 186 Å². The Morgan fingerprint density at radius 3 is 2.73 bits per heavy atom. The number of nitrogens with one attached hydrogen (secondary N) is 2. The molecule has 33 heavy (non-hydrogen) atoms. The predicted molar refractivity (Wildman–Crippen MR) is 111 cm³/mol. The summed E-state index contributed by atoms with van der Waals surface area (Å²) in [4.78, 5) is 23.1. The number of rotatable bonds is 5. The molecule has 8 nitrogen and oxygen atoms in total. The molecule has 2 aliphatic rings. The predicted octanol–water partition coefficient (Wildman–Crippen LogP) is 3.99. The van der Waals surface area contributed by atoms with Crippen molar-refractivity contribution in [3.8, 4) is 5.75 Å². The van der Waals surface area contributed by atoms with Crippen molar-refractivity contribution in [3.05, 3.63) is 34.9 Å². The Kier molecular flexibility index (Phi) is 5.41. The normalized spacial score (nSPS) is 16.3. The minimum Gasteiger partial charge on any atom is -0.490 e. The van der Waals surface area contributed by atoms with E-state index in [1.165, 1.54) is 11.8 Å². The van der Waals surface area contributed by atoms with Crippen LogP contribution in [0.4, 0.5) is 34.9 Å². The molecule has 2 aliphatic heterocycles. The van der Waals surface area contributed by atoms with Gasteiger partial charge in [-0.15, -0.1) is 0 Å². The molecule has 3 heterocycles. The van der Waals surface area contributed by atoms with Crippen molar-refractivity contribution in [2.75, 3.05) is 23.4 Å². The van der Waals surface area contributed by atoms with Crippen molar-refractivity contribution < 1.29 is 31.8 Å². The Morgan fingerprint density at radius 1 is 1.33 bits per heavy atom. The van der Waals surface area contributed by atoms with Crippen molar-refractivity contribution in [2.24, 2.45) is 0 Å². The summed E-state index contributed by atoms with van der Waals surface area (Å²) >= 11 is 0. The standard InChI is InChI=1S/C21H21F4N5O3/c1-10(26)33-8-14-28-17(27-9-21(23,24)25)15-18(29-14)30(19(31)20(15,2)3)12-6-11-4-5-32-16(11)13(22)7-12/h6-7,26H,4-5,8-9H2,1-3H3,(H,27,28,29). The molecule has 0 radical (unpaired) electrons. The first-order valence-electron chi connectivity index (χ1n) is 10.1. The fourth-order valence-electron chi connectivity index (χ4n) is 3.88. The first kappa shape index (κ1) is 22.7. The second-order valence-electron chi connectivity index (χ2n) is 8.28. The fraction of sp³-hybridized carbons (Fsp3) is 0.429. The van der Waals surface area contributed by atoms with Gasteiger partial charge in [-0.2, -0.15) is 13.2 Å². The summed E-state index contributed by atoms with van der Waals surface area (Å²) < 4.78 is 63.9. The molecule has 0 unspecified atom stereocenters. The van der Waals surface area contributed by atoms with Gasteiger partial charge in [-0.3, -0.25) is 15.1 Å². The van der Waals surface area contributed by atoms with Crippen LogP contribution >= 0.6 is 0 Å². The Balaban J connectivity index is 1.86. The Bertz CT molecular complexity index is 1150. The number of alkyl halides is 3. The SMILES string of the molecule is CC(=N)OCc1nc(NCC(F)(F)F)c2c(n1)N(c1cc(F)c3c(c1)CCO3)C(=O)C2(C)C. The fourth-order valence-corrected chi connectivity index (χ4v) is 3.88. The van der Waals surface area contributed by atoms with E-state index >= 15 is 0 Å². The summed E-state index contributed by atoms with van der Waals surface area (Å²) in [7, 11) is 0. The number of fused-ring (bicyclic) bond motifs is 2. The summed E-state index contributed by atoms with van der Waals surface area (Å²) in [6, 6.07) is 2.74. The third kappa shape index (κ3) is 4.16. The molecular weight excluding hydrogens is 446 g/mol. The molecule has 4 rings (SSSR count). The van der Waals surface area contributed by atoms with Gasteiger partial charge in [-0.05, 0) is 19.9 Å². The molecule has 0 aliphatic carbocycles. The molecule has 1 aromatic carbocycles. The van der Waals surface area contributed by atoms with Gasteiger partial charge in [0.25, 0.3) is 0 Å². The van der Waals surface area contributed by atoms with Gasteiger partial charge in [0.15, 0.2) is 23.3 Å². The highest BCUT2D eigenvalue weighted by molar-refractivity contribution is 6.12. The summed E-state index contributed by atoms with van der Waals surface area (Å²) in [5.41, 5.74) is -0.378. The second kappa shape index (κ2) is 7.85. The molecule has 12 heteroatoms. The van der Waals surface area contributed by atoms with Gasteiger partial charge in [0.2, 0.25) is 5.91 Å². The van der Waals surface area contributed by atoms with Gasteiger partial charge in [-0.1, -0.05) is 0 Å². The quantitative estimate of drug-likeness (QED) is 0.392. The Morgan fingerprint density at radius 2 is 2.06 bits per heavy atom. The van der Waals surface area contributed by atoms with Gasteiger partial charge in [-0.25, -0.2) is 14.4 Å². The van der Waals surface area contributed by atoms with Crippen LogP contribution in [-0.4, -0.2) is 41.1 Å². The minimum absolute atomic E-state index is 0.0316. The molecule has 0 bridgehead atoms. The van der Waals surface area contributed by atoms with Crippen LogP contribution < -0.4 is 15.0 Å². The highest BCUT2D eigenvalue weighted by atomic mass is 19.4. The van der Waals surface area contributed by atoms with Crippen molar-refractivity contribution in [1.82, 2.24) is 9.97 Å². The van der Waals surface area contributed by atoms with Gasteiger partial charge < -0.3 is 14.8 Å². The summed E-state index contributed by atoms with van der Waals surface area (Å²) in [6.45, 7) is 3.10. The second-order valence-corrected chi connectivity index (χ2v) is 8.28. The first-order valence-corrected chi connectivity index (χ1v) is 10.1. The van der Waals surface area contributed by atoms with E-state index in [0.29, 0.717) is 18.6 Å². The zero-order chi connectivity index (χ0) is 24.1. The van der Waals surface area contributed by atoms with E-state index in [0.717, 1.165) is 6.07 Å². The maximum Gasteiger partial charge on any atom is 0.405 e. The third-order valence-electron chi connectivity index (χ3n) is 5.37. The van der Waals surface area contributed by atoms with E-state index in [-0.39, 0.29) is 47.0 Å². The number of benzene rings is 1. The number of hydrogen-bond acceptors (Lipinski definition) is 7. The highest BCUT2D eigenvalue weighted by Crippen LogP contribution is 2.48. The smallest absolute Gasteiger partial charge is 0.405 e. The van der Waals surface area contributed by atoms with Gasteiger partial charge in [0, 0.05) is 25.0 Å². The molecule has 1 aromatic heterocycles. The number of hydrogen-bond donors (Lipinski definition) is 2. The number of nitrogens with zero attached hydrogens (tertiary/aromatic N) is 3. The number of aromatic nitrogens is 2. The summed E-state index contributed by atoms with van der Waals surface area (Å²) in [6.07, 6.45) is -4.08. The van der Waals surface area contributed by atoms with Crippen LogP contribution in [0.5, 0.6) is 5.75 Å². The average Bonchev–Trinajstić information content (AvgIpc) is 3.26. The molecule has 0 fully saturated rings. The van der Waals surface area contributed by atoms with Crippen molar-refractivity contribution in [3.63, 3.8) is 0 Å². The largest absolute Gasteiger partial charge is 0.490 e. The molecule has 0 atom stereocenters. The average molecular weight is 467 g/mol. The Hall–Kier alpha value is -3.44. The number of carbonyl (C=O) groups excluding carboxylic acids is 1. The molecule has 176 valence electrons. The van der Waals surface area contributed by atoms with Crippen LogP contribution in [0.15, 0.2) is 12.1 Å². The maximum atomic E-state index is 14.6. The monoisotopic (exact) mass is 467 g/mol. The van der Waals surface area contributed by atoms with Crippen LogP contribution in [-0.2, 0) is 28.0 Å². The van der Waals surface area contributed by atoms with E-state index in [1.807, 2.05) is 0 Å². The maximum absolute atomic E-state index is 14.6. The number of carbonyl (C=O) groups is 1. The highest BCUT2D eigenvalue weighted by Gasteiger charge is 2.49. The van der Waals surface area contributed by atoms with E-state index < -0.39 is 29.9 Å². The van der Waals surface area contributed by atoms with E-state index in [2.05, 4.69) is 15.3 Å². The number of anilines is 3. The molecule has 1 amide bonds. The number of halogens is 4. The molecule has 0 saturated carbocycles. The van der Waals surface area contributed by atoms with Crippen LogP contribution in [0.1, 0.15) is 37.7 Å². The number of amides is 1. The van der Waals surface area contributed by atoms with Gasteiger partial charge in [0.1, 0.15) is 24.8 Å². The van der Waals surface area contributed by atoms with E-state index in [1.54, 1.807) is 19.9 Å². The zero-order valence-corrected chi connectivity index (χ0v) is 18.1. The molecule has 0 saturated heterocycles. The van der Waals surface area contributed by atoms with E-state index in [4.69, 9.17) is 14.9 Å². The lowest BCUT2D eigenvalue weighted by Gasteiger charge is -2.20. The zero-order valence-electron chi connectivity index (χ0n) is 18.1. The van der Waals surface area contributed by atoms with Crippen molar-refractivity contribution >= 4 is 29.1 Å². The molecular formula is C21H21F4N5O3. The van der Waals surface area contributed by atoms with Crippen molar-refractivity contribution in [2.45, 2.75) is 45.4 Å². The summed E-state index contributed by atoms with van der Waals surface area (Å²) in [5, 5.41) is 9.67. The lowest BCUT2D eigenvalue weighted by Crippen LogP contribution is -2.34.